The van der Waals surface area contributed by atoms with Crippen molar-refractivity contribution in [3.05, 3.63) is 60.7 Å². The van der Waals surface area contributed by atoms with Gasteiger partial charge in [0.2, 0.25) is 0 Å². The molecule has 5 heteroatoms. The predicted octanol–water partition coefficient (Wildman–Crippen LogP) is 3.66. The summed E-state index contributed by atoms with van der Waals surface area (Å²) >= 11 is 0. The van der Waals surface area contributed by atoms with Gasteiger partial charge < -0.3 is 4.48 Å². The van der Waals surface area contributed by atoms with Crippen LogP contribution in [-0.2, 0) is 0 Å². The molecule has 1 saturated heterocycles. The fraction of sp³-hybridized carbons (Fsp3) is 0.400. The Bertz CT molecular complexity index is 636. The molecule has 0 radical (unpaired) electrons. The molecule has 1 aliphatic heterocycles. The normalized spacial score (nSPS) is 19.5. The summed E-state index contributed by atoms with van der Waals surface area (Å²) in [6.07, 6.45) is -4.10. The second kappa shape index (κ2) is 6.96. The number of quaternary nitrogens is 1. The van der Waals surface area contributed by atoms with Crippen molar-refractivity contribution in [1.82, 2.24) is 0 Å². The Hall–Kier alpha value is -1.59. The number of benzene rings is 2. The van der Waals surface area contributed by atoms with Gasteiger partial charge in [0.1, 0.15) is 8.07 Å². The molecule has 0 N–H and O–H groups in total. The third-order valence-corrected chi connectivity index (χ3v) is 10.9. The van der Waals surface area contributed by atoms with Gasteiger partial charge in [-0.1, -0.05) is 71.0 Å². The fourth-order valence-corrected chi connectivity index (χ4v) is 9.43. The van der Waals surface area contributed by atoms with Crippen molar-refractivity contribution in [3.63, 3.8) is 0 Å². The third-order valence-electron chi connectivity index (χ3n) is 5.86. The number of hydrogen-bond donors (Lipinski definition) is 0. The first-order chi connectivity index (χ1) is 11.9. The Morgan fingerprint density at radius 3 is 1.64 bits per heavy atom. The minimum Gasteiger partial charge on any atom is -0.317 e. The number of halogens is 3. The standard InChI is InChI=1S/C20H25F3NSi/c1-2-24(17-20(21,22)23)13-15-25(16-14-24,18-9-5-3-6-10-18)19-11-7-4-8-12-19/h3-12H,2,13-17H2,1H3/q+1. The summed E-state index contributed by atoms with van der Waals surface area (Å²) in [6.45, 7) is 2.98. The molecular weight excluding hydrogens is 339 g/mol. The van der Waals surface area contributed by atoms with Gasteiger partial charge >= 0.3 is 6.18 Å². The topological polar surface area (TPSA) is 0 Å². The van der Waals surface area contributed by atoms with Crippen molar-refractivity contribution in [1.29, 1.82) is 0 Å². The van der Waals surface area contributed by atoms with Gasteiger partial charge in [0, 0.05) is 12.1 Å². The van der Waals surface area contributed by atoms with Gasteiger partial charge in [0.25, 0.3) is 0 Å². The highest BCUT2D eigenvalue weighted by Crippen LogP contribution is 2.31. The van der Waals surface area contributed by atoms with E-state index in [-0.39, 0.29) is 4.48 Å². The van der Waals surface area contributed by atoms with Crippen LogP contribution in [0.15, 0.2) is 60.7 Å². The maximum Gasteiger partial charge on any atom is 0.438 e. The van der Waals surface area contributed by atoms with Crippen LogP contribution in [0.1, 0.15) is 6.92 Å². The van der Waals surface area contributed by atoms with Crippen LogP contribution in [0, 0.1) is 0 Å². The van der Waals surface area contributed by atoms with E-state index < -0.39 is 20.8 Å². The Balaban J connectivity index is 1.95. The molecule has 134 valence electrons. The Morgan fingerprint density at radius 1 is 0.840 bits per heavy atom. The van der Waals surface area contributed by atoms with Crippen molar-refractivity contribution < 1.29 is 17.7 Å². The molecular formula is C20H25F3NSi+. The summed E-state index contributed by atoms with van der Waals surface area (Å²) in [5.41, 5.74) is 0. The van der Waals surface area contributed by atoms with Crippen molar-refractivity contribution in [2.45, 2.75) is 25.2 Å². The molecule has 2 aromatic rings. The van der Waals surface area contributed by atoms with E-state index in [1.807, 2.05) is 19.1 Å². The molecule has 0 atom stereocenters. The molecule has 0 amide bonds. The SMILES string of the molecule is CC[N+]1(CC(F)(F)F)CC[Si](c2ccccc2)(c2ccccc2)CC1. The van der Waals surface area contributed by atoms with Crippen molar-refractivity contribution in [3.8, 4) is 0 Å². The van der Waals surface area contributed by atoms with Crippen LogP contribution in [0.3, 0.4) is 0 Å². The molecule has 1 aliphatic rings. The number of rotatable bonds is 4. The zero-order valence-corrected chi connectivity index (χ0v) is 15.6. The molecule has 1 fully saturated rings. The molecule has 0 saturated carbocycles. The van der Waals surface area contributed by atoms with Gasteiger partial charge in [-0.15, -0.1) is 0 Å². The molecule has 3 rings (SSSR count). The molecule has 0 aromatic heterocycles. The lowest BCUT2D eigenvalue weighted by atomic mass is 10.3. The van der Waals surface area contributed by atoms with Crippen LogP contribution >= 0.6 is 0 Å². The van der Waals surface area contributed by atoms with E-state index in [2.05, 4.69) is 48.5 Å². The van der Waals surface area contributed by atoms with E-state index in [1.54, 1.807) is 0 Å². The van der Waals surface area contributed by atoms with Gasteiger partial charge in [-0.05, 0) is 6.92 Å². The van der Waals surface area contributed by atoms with Crippen LogP contribution in [-0.4, -0.2) is 44.9 Å². The highest BCUT2D eigenvalue weighted by molar-refractivity contribution is 7.02. The first-order valence-electron chi connectivity index (χ1n) is 8.92. The smallest absolute Gasteiger partial charge is 0.317 e. The van der Waals surface area contributed by atoms with E-state index in [0.29, 0.717) is 19.6 Å². The molecule has 1 heterocycles. The van der Waals surface area contributed by atoms with Gasteiger partial charge in [0.15, 0.2) is 6.54 Å². The Labute approximate surface area is 148 Å². The highest BCUT2D eigenvalue weighted by Gasteiger charge is 2.49. The minimum absolute atomic E-state index is 0.178. The van der Waals surface area contributed by atoms with Crippen molar-refractivity contribution in [2.24, 2.45) is 0 Å². The summed E-state index contributed by atoms with van der Waals surface area (Å²) in [5.74, 6) is 0. The molecule has 0 bridgehead atoms. The lowest BCUT2D eigenvalue weighted by Gasteiger charge is -2.48. The van der Waals surface area contributed by atoms with Gasteiger partial charge in [-0.2, -0.15) is 13.2 Å². The van der Waals surface area contributed by atoms with E-state index >= 15 is 0 Å². The van der Waals surface area contributed by atoms with Crippen LogP contribution in [0.2, 0.25) is 12.1 Å². The summed E-state index contributed by atoms with van der Waals surface area (Å²) in [6, 6.07) is 22.7. The quantitative estimate of drug-likeness (QED) is 0.574. The number of hydrogen-bond acceptors (Lipinski definition) is 0. The zero-order valence-electron chi connectivity index (χ0n) is 14.6. The lowest BCUT2D eigenvalue weighted by Crippen LogP contribution is -2.68. The fourth-order valence-electron chi connectivity index (χ4n) is 4.32. The van der Waals surface area contributed by atoms with Gasteiger partial charge in [0.05, 0.1) is 19.6 Å². The highest BCUT2D eigenvalue weighted by atomic mass is 28.3. The molecule has 0 aliphatic carbocycles. The van der Waals surface area contributed by atoms with Gasteiger partial charge in [-0.25, -0.2) is 0 Å². The summed E-state index contributed by atoms with van der Waals surface area (Å²) in [7, 11) is -2.00. The summed E-state index contributed by atoms with van der Waals surface area (Å²) < 4.78 is 39.5. The van der Waals surface area contributed by atoms with Gasteiger partial charge in [-0.3, -0.25) is 0 Å². The zero-order chi connectivity index (χ0) is 18.0. The Morgan fingerprint density at radius 2 is 1.28 bits per heavy atom. The van der Waals surface area contributed by atoms with E-state index in [1.165, 1.54) is 10.4 Å². The second-order valence-electron chi connectivity index (χ2n) is 7.19. The van der Waals surface area contributed by atoms with E-state index in [9.17, 15) is 13.2 Å². The second-order valence-corrected chi connectivity index (χ2v) is 11.5. The molecule has 0 unspecified atom stereocenters. The largest absolute Gasteiger partial charge is 0.438 e. The molecule has 1 nitrogen and oxygen atoms in total. The van der Waals surface area contributed by atoms with Crippen LogP contribution in [0.25, 0.3) is 0 Å². The average molecular weight is 365 g/mol. The minimum atomic E-state index is -4.10. The first kappa shape index (κ1) is 18.2. The predicted molar refractivity (Wildman–Crippen MR) is 99.0 cm³/mol. The summed E-state index contributed by atoms with van der Waals surface area (Å²) in [5, 5.41) is 2.70. The van der Waals surface area contributed by atoms with Crippen LogP contribution in [0.5, 0.6) is 0 Å². The molecule has 0 spiro atoms. The van der Waals surface area contributed by atoms with E-state index in [0.717, 1.165) is 12.1 Å². The Kier molecular flexibility index (Phi) is 5.07. The first-order valence-corrected chi connectivity index (χ1v) is 11.3. The molecule has 2 aromatic carbocycles. The van der Waals surface area contributed by atoms with Crippen molar-refractivity contribution >= 4 is 18.4 Å². The van der Waals surface area contributed by atoms with Crippen molar-refractivity contribution in [2.75, 3.05) is 26.2 Å². The number of alkyl halides is 3. The maximum absolute atomic E-state index is 13.1. The number of nitrogens with zero attached hydrogens (tertiary/aromatic N) is 1. The monoisotopic (exact) mass is 364 g/mol. The maximum atomic E-state index is 13.1. The lowest BCUT2D eigenvalue weighted by molar-refractivity contribution is -0.933. The van der Waals surface area contributed by atoms with Crippen LogP contribution in [0.4, 0.5) is 13.2 Å². The third kappa shape index (κ3) is 3.82. The summed E-state index contributed by atoms with van der Waals surface area (Å²) in [4.78, 5) is 0. The average Bonchev–Trinajstić information content (AvgIpc) is 2.63. The molecule has 25 heavy (non-hydrogen) atoms. The van der Waals surface area contributed by atoms with E-state index in [4.69, 9.17) is 0 Å². The van der Waals surface area contributed by atoms with Crippen LogP contribution < -0.4 is 10.4 Å².